The second kappa shape index (κ2) is 10.7. The van der Waals surface area contributed by atoms with Crippen molar-refractivity contribution in [3.63, 3.8) is 0 Å². The van der Waals surface area contributed by atoms with Crippen molar-refractivity contribution in [3.05, 3.63) is 72.0 Å². The number of nitrogens with zero attached hydrogens (tertiary/aromatic N) is 2. The normalized spacial score (nSPS) is 15.1. The van der Waals surface area contributed by atoms with Gasteiger partial charge in [0.15, 0.2) is 11.5 Å². The first-order valence-corrected chi connectivity index (χ1v) is 12.1. The largest absolute Gasteiger partial charge is 0.490 e. The van der Waals surface area contributed by atoms with E-state index >= 15 is 0 Å². The molecule has 2 aromatic carbocycles. The molecule has 7 nitrogen and oxygen atoms in total. The number of aromatic nitrogens is 2. The van der Waals surface area contributed by atoms with Crippen molar-refractivity contribution in [1.82, 2.24) is 9.55 Å². The second-order valence-corrected chi connectivity index (χ2v) is 8.92. The molecule has 3 aromatic rings. The van der Waals surface area contributed by atoms with Crippen LogP contribution in [0.1, 0.15) is 45.7 Å². The fraction of sp³-hybridized carbons (Fsp3) is 0.357. The number of ether oxygens (including phenoxy) is 3. The van der Waals surface area contributed by atoms with Crippen LogP contribution in [0.2, 0.25) is 0 Å². The van der Waals surface area contributed by atoms with Crippen LogP contribution in [0.15, 0.2) is 66.4 Å². The maximum absolute atomic E-state index is 13.2. The lowest BCUT2D eigenvalue weighted by molar-refractivity contribution is -0.138. The van der Waals surface area contributed by atoms with Crippen molar-refractivity contribution in [3.8, 4) is 11.5 Å². The van der Waals surface area contributed by atoms with Crippen LogP contribution in [0.3, 0.4) is 0 Å². The van der Waals surface area contributed by atoms with Crippen LogP contribution in [0.5, 0.6) is 11.5 Å². The lowest BCUT2D eigenvalue weighted by Crippen LogP contribution is -2.29. The van der Waals surface area contributed by atoms with Gasteiger partial charge >= 0.3 is 5.97 Å². The summed E-state index contributed by atoms with van der Waals surface area (Å²) in [6.45, 7) is 13.1. The molecule has 1 aliphatic rings. The Balaban J connectivity index is 1.83. The third-order valence-corrected chi connectivity index (χ3v) is 5.92. The Morgan fingerprint density at radius 2 is 2.00 bits per heavy atom. The van der Waals surface area contributed by atoms with Crippen molar-refractivity contribution in [2.75, 3.05) is 25.1 Å². The highest BCUT2D eigenvalue weighted by Gasteiger charge is 2.35. The number of benzene rings is 2. The number of rotatable bonds is 10. The van der Waals surface area contributed by atoms with Gasteiger partial charge in [-0.05, 0) is 56.0 Å². The average molecular weight is 476 g/mol. The summed E-state index contributed by atoms with van der Waals surface area (Å²) in [6.07, 6.45) is 2.51. The molecule has 0 radical (unpaired) electrons. The highest BCUT2D eigenvalue weighted by Crippen LogP contribution is 2.42. The third-order valence-electron chi connectivity index (χ3n) is 5.92. The number of allylic oxidation sites excluding steroid dienone is 1. The number of hydrogen-bond donors (Lipinski definition) is 1. The zero-order valence-corrected chi connectivity index (χ0v) is 20.8. The highest BCUT2D eigenvalue weighted by atomic mass is 16.5. The van der Waals surface area contributed by atoms with E-state index in [9.17, 15) is 4.79 Å². The van der Waals surface area contributed by atoms with Crippen LogP contribution in [0.4, 0.5) is 5.95 Å². The Hall–Kier alpha value is -3.74. The molecule has 35 heavy (non-hydrogen) atoms. The maximum Gasteiger partial charge on any atom is 0.338 e. The molecule has 1 aliphatic heterocycles. The molecule has 2 heterocycles. The molecule has 1 atom stereocenters. The number of carbonyl (C=O) groups is 1. The number of carbonyl (C=O) groups excluding carboxylic acids is 1. The van der Waals surface area contributed by atoms with Crippen LogP contribution in [0.25, 0.3) is 11.0 Å². The van der Waals surface area contributed by atoms with Crippen LogP contribution in [-0.2, 0) is 9.53 Å². The molecule has 1 N–H and O–H groups in total. The SMILES string of the molecule is C=CCOC(=O)C1=C(C)Nc2nc3ccccc3n2[C@@H]1c1ccc(OCCC(C)C)c(OCC)c1. The van der Waals surface area contributed by atoms with Crippen LogP contribution in [0, 0.1) is 5.92 Å². The summed E-state index contributed by atoms with van der Waals surface area (Å²) in [5.74, 6) is 2.15. The minimum Gasteiger partial charge on any atom is -0.490 e. The van der Waals surface area contributed by atoms with Gasteiger partial charge in [0, 0.05) is 5.70 Å². The van der Waals surface area contributed by atoms with E-state index < -0.39 is 12.0 Å². The van der Waals surface area contributed by atoms with Gasteiger partial charge in [-0.3, -0.25) is 4.57 Å². The molecule has 1 aromatic heterocycles. The topological polar surface area (TPSA) is 74.6 Å². The molecule has 0 bridgehead atoms. The smallest absolute Gasteiger partial charge is 0.338 e. The molecule has 0 saturated heterocycles. The van der Waals surface area contributed by atoms with Gasteiger partial charge in [0.1, 0.15) is 6.61 Å². The monoisotopic (exact) mass is 475 g/mol. The van der Waals surface area contributed by atoms with E-state index in [1.54, 1.807) is 6.08 Å². The number of para-hydroxylation sites is 2. The highest BCUT2D eigenvalue weighted by molar-refractivity contribution is 5.94. The molecule has 0 fully saturated rings. The van der Waals surface area contributed by atoms with E-state index in [1.807, 2.05) is 60.9 Å². The second-order valence-electron chi connectivity index (χ2n) is 8.92. The van der Waals surface area contributed by atoms with Gasteiger partial charge in [-0.1, -0.05) is 44.7 Å². The number of hydrogen-bond acceptors (Lipinski definition) is 6. The maximum atomic E-state index is 13.2. The van der Waals surface area contributed by atoms with Gasteiger partial charge in [-0.25, -0.2) is 9.78 Å². The Labute approximate surface area is 206 Å². The molecule has 7 heteroatoms. The summed E-state index contributed by atoms with van der Waals surface area (Å²) in [5, 5.41) is 3.29. The van der Waals surface area contributed by atoms with Gasteiger partial charge in [0.2, 0.25) is 5.95 Å². The van der Waals surface area contributed by atoms with Gasteiger partial charge in [0.05, 0.1) is 35.9 Å². The van der Waals surface area contributed by atoms with Crippen LogP contribution < -0.4 is 14.8 Å². The van der Waals surface area contributed by atoms with E-state index in [0.29, 0.717) is 47.8 Å². The molecular weight excluding hydrogens is 442 g/mol. The van der Waals surface area contributed by atoms with E-state index in [0.717, 1.165) is 23.0 Å². The molecule has 4 rings (SSSR count). The molecule has 0 amide bonds. The number of fused-ring (bicyclic) bond motifs is 3. The Bertz CT molecular complexity index is 1260. The Kier molecular flexibility index (Phi) is 7.44. The van der Waals surface area contributed by atoms with E-state index in [1.165, 1.54) is 0 Å². The minimum absolute atomic E-state index is 0.132. The number of anilines is 1. The summed E-state index contributed by atoms with van der Waals surface area (Å²) in [6, 6.07) is 13.3. The Morgan fingerprint density at radius 3 is 2.74 bits per heavy atom. The summed E-state index contributed by atoms with van der Waals surface area (Å²) in [7, 11) is 0. The van der Waals surface area contributed by atoms with Crippen molar-refractivity contribution < 1.29 is 19.0 Å². The molecule has 0 unspecified atom stereocenters. The summed E-state index contributed by atoms with van der Waals surface area (Å²) < 4.78 is 19.5. The Morgan fingerprint density at radius 1 is 1.20 bits per heavy atom. The predicted octanol–water partition coefficient (Wildman–Crippen LogP) is 5.88. The van der Waals surface area contributed by atoms with Crippen molar-refractivity contribution >= 4 is 23.0 Å². The number of esters is 1. The fourth-order valence-electron chi connectivity index (χ4n) is 4.24. The first kappa shape index (κ1) is 24.4. The van der Waals surface area contributed by atoms with Crippen LogP contribution >= 0.6 is 0 Å². The summed E-state index contributed by atoms with van der Waals surface area (Å²) >= 11 is 0. The summed E-state index contributed by atoms with van der Waals surface area (Å²) in [5.41, 5.74) is 3.84. The van der Waals surface area contributed by atoms with Gasteiger partial charge in [-0.15, -0.1) is 0 Å². The van der Waals surface area contributed by atoms with Gasteiger partial charge in [0.25, 0.3) is 0 Å². The predicted molar refractivity (Wildman–Crippen MR) is 138 cm³/mol. The third kappa shape index (κ3) is 5.04. The number of imidazole rings is 1. The summed E-state index contributed by atoms with van der Waals surface area (Å²) in [4.78, 5) is 18.0. The fourth-order valence-corrected chi connectivity index (χ4v) is 4.24. The first-order chi connectivity index (χ1) is 16.9. The zero-order chi connectivity index (χ0) is 24.9. The standard InChI is InChI=1S/C28H33N3O4/c1-6-15-35-27(32)25-19(5)29-28-30-21-10-8-9-11-22(21)31(28)26(25)20-12-13-23(24(17-20)33-7-2)34-16-14-18(3)4/h6,8-13,17-18,26H,1,7,14-16H2,2-5H3,(H,29,30)/t26-/m1/s1. The van der Waals surface area contributed by atoms with Crippen molar-refractivity contribution in [2.24, 2.45) is 5.92 Å². The number of nitrogens with one attached hydrogen (secondary N) is 1. The lowest BCUT2D eigenvalue weighted by Gasteiger charge is -2.30. The molecular formula is C28H33N3O4. The lowest BCUT2D eigenvalue weighted by atomic mass is 9.94. The van der Waals surface area contributed by atoms with E-state index in [2.05, 4.69) is 25.7 Å². The quantitative estimate of drug-likeness (QED) is 0.292. The van der Waals surface area contributed by atoms with Gasteiger partial charge < -0.3 is 19.5 Å². The van der Waals surface area contributed by atoms with Crippen molar-refractivity contribution in [2.45, 2.75) is 40.2 Å². The van der Waals surface area contributed by atoms with Gasteiger partial charge in [-0.2, -0.15) is 0 Å². The molecule has 0 spiro atoms. The van der Waals surface area contributed by atoms with Crippen LogP contribution in [-0.4, -0.2) is 35.3 Å². The average Bonchev–Trinajstić information content (AvgIpc) is 3.20. The zero-order valence-electron chi connectivity index (χ0n) is 20.8. The molecule has 0 saturated carbocycles. The van der Waals surface area contributed by atoms with Crippen molar-refractivity contribution in [1.29, 1.82) is 0 Å². The molecule has 184 valence electrons. The van der Waals surface area contributed by atoms with E-state index in [-0.39, 0.29) is 6.61 Å². The minimum atomic E-state index is -0.458. The molecule has 0 aliphatic carbocycles. The van der Waals surface area contributed by atoms with E-state index in [4.69, 9.17) is 19.2 Å². The first-order valence-electron chi connectivity index (χ1n) is 12.1.